The van der Waals surface area contributed by atoms with E-state index in [0.717, 1.165) is 24.2 Å². The molecule has 0 saturated heterocycles. The van der Waals surface area contributed by atoms with E-state index >= 15 is 0 Å². The van der Waals surface area contributed by atoms with Gasteiger partial charge in [-0.05, 0) is 24.1 Å². The summed E-state index contributed by atoms with van der Waals surface area (Å²) in [4.78, 5) is 4.59. The standard InChI is InChI=1S/C12H15ClN2/c1-3-12-14-10-8-9(6-7-13)4-5-11(10)15(12)2/h4-5,8H,3,6-7H2,1-2H3. The lowest BCUT2D eigenvalue weighted by Crippen LogP contribution is -1.94. The van der Waals surface area contributed by atoms with Crippen molar-refractivity contribution in [3.05, 3.63) is 29.6 Å². The maximum Gasteiger partial charge on any atom is 0.109 e. The molecule has 0 fully saturated rings. The molecule has 1 heterocycles. The van der Waals surface area contributed by atoms with Gasteiger partial charge in [-0.3, -0.25) is 0 Å². The Balaban J connectivity index is 2.53. The average Bonchev–Trinajstić information content (AvgIpc) is 2.56. The number of nitrogens with zero attached hydrogens (tertiary/aromatic N) is 2. The molecular formula is C12H15ClN2. The summed E-state index contributed by atoms with van der Waals surface area (Å²) in [6.45, 7) is 2.13. The number of halogens is 1. The summed E-state index contributed by atoms with van der Waals surface area (Å²) >= 11 is 5.73. The van der Waals surface area contributed by atoms with Crippen LogP contribution in [0.5, 0.6) is 0 Å². The van der Waals surface area contributed by atoms with Crippen LogP contribution in [0.4, 0.5) is 0 Å². The first-order valence-corrected chi connectivity index (χ1v) is 5.80. The molecule has 1 aromatic carbocycles. The average molecular weight is 223 g/mol. The Bertz CT molecular complexity index is 474. The molecule has 2 rings (SSSR count). The first-order valence-electron chi connectivity index (χ1n) is 5.26. The second-order valence-electron chi connectivity index (χ2n) is 3.70. The fourth-order valence-corrected chi connectivity index (χ4v) is 2.09. The third kappa shape index (κ3) is 1.86. The number of rotatable bonds is 3. The molecule has 3 heteroatoms. The number of imidazole rings is 1. The second-order valence-corrected chi connectivity index (χ2v) is 4.08. The molecule has 0 aliphatic heterocycles. The van der Waals surface area contributed by atoms with Crippen LogP contribution in [0.3, 0.4) is 0 Å². The summed E-state index contributed by atoms with van der Waals surface area (Å²) in [5, 5.41) is 0. The Morgan fingerprint density at radius 1 is 1.40 bits per heavy atom. The monoisotopic (exact) mass is 222 g/mol. The highest BCUT2D eigenvalue weighted by Gasteiger charge is 2.06. The predicted octanol–water partition coefficient (Wildman–Crippen LogP) is 2.92. The van der Waals surface area contributed by atoms with E-state index in [9.17, 15) is 0 Å². The second kappa shape index (κ2) is 4.23. The van der Waals surface area contributed by atoms with Crippen LogP contribution in [0, 0.1) is 0 Å². The highest BCUT2D eigenvalue weighted by atomic mass is 35.5. The van der Waals surface area contributed by atoms with Crippen molar-refractivity contribution < 1.29 is 0 Å². The number of aromatic nitrogens is 2. The molecule has 0 radical (unpaired) electrons. The topological polar surface area (TPSA) is 17.8 Å². The zero-order valence-corrected chi connectivity index (χ0v) is 9.88. The van der Waals surface area contributed by atoms with Gasteiger partial charge in [0.25, 0.3) is 0 Å². The van der Waals surface area contributed by atoms with E-state index in [0.29, 0.717) is 5.88 Å². The van der Waals surface area contributed by atoms with E-state index < -0.39 is 0 Å². The molecule has 1 aromatic heterocycles. The maximum atomic E-state index is 5.73. The molecule has 0 atom stereocenters. The van der Waals surface area contributed by atoms with E-state index in [4.69, 9.17) is 11.6 Å². The molecular weight excluding hydrogens is 208 g/mol. The lowest BCUT2D eigenvalue weighted by atomic mass is 10.1. The largest absolute Gasteiger partial charge is 0.331 e. The minimum Gasteiger partial charge on any atom is -0.331 e. The van der Waals surface area contributed by atoms with Crippen molar-refractivity contribution in [2.45, 2.75) is 19.8 Å². The van der Waals surface area contributed by atoms with Gasteiger partial charge in [-0.2, -0.15) is 0 Å². The SMILES string of the molecule is CCc1nc2cc(CCCl)ccc2n1C. The number of fused-ring (bicyclic) bond motifs is 1. The lowest BCUT2D eigenvalue weighted by molar-refractivity contribution is 0.829. The molecule has 15 heavy (non-hydrogen) atoms. The molecule has 0 N–H and O–H groups in total. The number of aryl methyl sites for hydroxylation is 3. The van der Waals surface area contributed by atoms with E-state index in [1.54, 1.807) is 0 Å². The summed E-state index contributed by atoms with van der Waals surface area (Å²) in [5.74, 6) is 1.80. The van der Waals surface area contributed by atoms with Crippen LogP contribution in [-0.4, -0.2) is 15.4 Å². The first kappa shape index (κ1) is 10.5. The van der Waals surface area contributed by atoms with Gasteiger partial charge in [-0.25, -0.2) is 4.98 Å². The van der Waals surface area contributed by atoms with Crippen LogP contribution < -0.4 is 0 Å². The van der Waals surface area contributed by atoms with Gasteiger partial charge in [0.2, 0.25) is 0 Å². The molecule has 2 aromatic rings. The molecule has 0 bridgehead atoms. The molecule has 0 spiro atoms. The van der Waals surface area contributed by atoms with Crippen LogP contribution in [0.25, 0.3) is 11.0 Å². The van der Waals surface area contributed by atoms with Gasteiger partial charge in [0.05, 0.1) is 11.0 Å². The van der Waals surface area contributed by atoms with E-state index in [2.05, 4.69) is 41.7 Å². The van der Waals surface area contributed by atoms with Gasteiger partial charge in [0.15, 0.2) is 0 Å². The van der Waals surface area contributed by atoms with Gasteiger partial charge < -0.3 is 4.57 Å². The molecule has 0 aliphatic carbocycles. The van der Waals surface area contributed by atoms with E-state index in [-0.39, 0.29) is 0 Å². The van der Waals surface area contributed by atoms with Crippen molar-refractivity contribution in [1.82, 2.24) is 9.55 Å². The van der Waals surface area contributed by atoms with Crippen molar-refractivity contribution in [1.29, 1.82) is 0 Å². The van der Waals surface area contributed by atoms with E-state index in [1.165, 1.54) is 11.1 Å². The predicted molar refractivity (Wildman–Crippen MR) is 64.5 cm³/mol. The van der Waals surface area contributed by atoms with Crippen molar-refractivity contribution in [2.75, 3.05) is 5.88 Å². The van der Waals surface area contributed by atoms with Crippen LogP contribution in [-0.2, 0) is 19.9 Å². The fraction of sp³-hybridized carbons (Fsp3) is 0.417. The third-order valence-electron chi connectivity index (χ3n) is 2.74. The lowest BCUT2D eigenvalue weighted by Gasteiger charge is -1.99. The Morgan fingerprint density at radius 2 is 2.20 bits per heavy atom. The first-order chi connectivity index (χ1) is 7.26. The summed E-state index contributed by atoms with van der Waals surface area (Å²) in [6.07, 6.45) is 1.88. The fourth-order valence-electron chi connectivity index (χ4n) is 1.88. The minimum atomic E-state index is 0.666. The Kier molecular flexibility index (Phi) is 2.96. The normalized spacial score (nSPS) is 11.1. The molecule has 2 nitrogen and oxygen atoms in total. The van der Waals surface area contributed by atoms with Gasteiger partial charge >= 0.3 is 0 Å². The van der Waals surface area contributed by atoms with Gasteiger partial charge in [-0.15, -0.1) is 11.6 Å². The molecule has 0 unspecified atom stereocenters. The van der Waals surface area contributed by atoms with Gasteiger partial charge in [0, 0.05) is 19.3 Å². The van der Waals surface area contributed by atoms with Crippen molar-refractivity contribution >= 4 is 22.6 Å². The van der Waals surface area contributed by atoms with Crippen LogP contribution in [0.1, 0.15) is 18.3 Å². The summed E-state index contributed by atoms with van der Waals surface area (Å²) < 4.78 is 2.15. The van der Waals surface area contributed by atoms with Crippen molar-refractivity contribution in [2.24, 2.45) is 7.05 Å². The molecule has 0 aliphatic rings. The summed E-state index contributed by atoms with van der Waals surface area (Å²) in [5.41, 5.74) is 3.54. The van der Waals surface area contributed by atoms with Crippen molar-refractivity contribution in [3.8, 4) is 0 Å². The minimum absolute atomic E-state index is 0.666. The Labute approximate surface area is 94.9 Å². The highest BCUT2D eigenvalue weighted by molar-refractivity contribution is 6.18. The highest BCUT2D eigenvalue weighted by Crippen LogP contribution is 2.17. The summed E-state index contributed by atoms with van der Waals surface area (Å²) in [6, 6.07) is 6.39. The molecule has 0 saturated carbocycles. The third-order valence-corrected chi connectivity index (χ3v) is 2.93. The smallest absolute Gasteiger partial charge is 0.109 e. The Hall–Kier alpha value is -1.02. The van der Waals surface area contributed by atoms with Crippen LogP contribution >= 0.6 is 11.6 Å². The number of hydrogen-bond donors (Lipinski definition) is 0. The zero-order chi connectivity index (χ0) is 10.8. The van der Waals surface area contributed by atoms with Gasteiger partial charge in [-0.1, -0.05) is 13.0 Å². The van der Waals surface area contributed by atoms with Crippen LogP contribution in [0.2, 0.25) is 0 Å². The number of benzene rings is 1. The Morgan fingerprint density at radius 3 is 2.87 bits per heavy atom. The van der Waals surface area contributed by atoms with E-state index in [1.807, 2.05) is 0 Å². The summed E-state index contributed by atoms with van der Waals surface area (Å²) in [7, 11) is 2.06. The number of hydrogen-bond acceptors (Lipinski definition) is 1. The number of alkyl halides is 1. The zero-order valence-electron chi connectivity index (χ0n) is 9.13. The molecule has 80 valence electrons. The van der Waals surface area contributed by atoms with Crippen LogP contribution in [0.15, 0.2) is 18.2 Å². The molecule has 0 amide bonds. The van der Waals surface area contributed by atoms with Gasteiger partial charge in [0.1, 0.15) is 5.82 Å². The van der Waals surface area contributed by atoms with Crippen molar-refractivity contribution in [3.63, 3.8) is 0 Å². The quantitative estimate of drug-likeness (QED) is 0.731. The maximum absolute atomic E-state index is 5.73.